The molecule has 140 valence electrons. The lowest BCUT2D eigenvalue weighted by molar-refractivity contribution is 0.0910. The highest BCUT2D eigenvalue weighted by atomic mass is 16.1. The van der Waals surface area contributed by atoms with E-state index in [-0.39, 0.29) is 11.2 Å². The van der Waals surface area contributed by atoms with Gasteiger partial charge in [0.25, 0.3) is 0 Å². The summed E-state index contributed by atoms with van der Waals surface area (Å²) in [5, 5.41) is 5.69. The molecule has 1 aromatic carbocycles. The first kappa shape index (κ1) is 17.6. The Morgan fingerprint density at radius 1 is 1.22 bits per heavy atom. The first-order valence-electron chi connectivity index (χ1n) is 9.40. The van der Waals surface area contributed by atoms with Gasteiger partial charge in [0, 0.05) is 11.8 Å². The van der Waals surface area contributed by atoms with Crippen LogP contribution in [-0.2, 0) is 12.8 Å². The Bertz CT molecular complexity index is 1050. The third-order valence-corrected chi connectivity index (χ3v) is 5.11. The molecule has 0 unspecified atom stereocenters. The van der Waals surface area contributed by atoms with E-state index in [2.05, 4.69) is 37.7 Å². The minimum Gasteiger partial charge on any atom is -0.383 e. The average Bonchev–Trinajstić information content (AvgIpc) is 2.91. The Balaban J connectivity index is 1.92. The molecule has 0 atom stereocenters. The molecule has 27 heavy (non-hydrogen) atoms. The zero-order valence-electron chi connectivity index (χ0n) is 16.3. The number of Topliss-reactive ketones (excluding diaryl/α,β-unsaturated/α-hetero) is 1. The highest BCUT2D eigenvalue weighted by Crippen LogP contribution is 2.38. The number of hydrogen-bond donors (Lipinski definition) is 1. The molecule has 0 spiro atoms. The second-order valence-corrected chi connectivity index (χ2v) is 8.68. The van der Waals surface area contributed by atoms with E-state index < -0.39 is 0 Å². The summed E-state index contributed by atoms with van der Waals surface area (Å²) in [6, 6.07) is 5.86. The molecule has 6 nitrogen and oxygen atoms in total. The van der Waals surface area contributed by atoms with Gasteiger partial charge in [0.05, 0.1) is 28.2 Å². The van der Waals surface area contributed by atoms with E-state index in [9.17, 15) is 4.79 Å². The van der Waals surface area contributed by atoms with Gasteiger partial charge in [0.1, 0.15) is 12.1 Å². The van der Waals surface area contributed by atoms with Gasteiger partial charge in [-0.1, -0.05) is 27.7 Å². The smallest absolute Gasteiger partial charge is 0.167 e. The molecule has 0 bridgehead atoms. The number of nitrogens with two attached hydrogens (primary N) is 1. The van der Waals surface area contributed by atoms with Gasteiger partial charge in [-0.15, -0.1) is 0 Å². The minimum absolute atomic E-state index is 0.0690. The van der Waals surface area contributed by atoms with Crippen LogP contribution in [0.1, 0.15) is 55.9 Å². The Labute approximate surface area is 158 Å². The number of fused-ring (bicyclic) bond motifs is 2. The average molecular weight is 363 g/mol. The maximum absolute atomic E-state index is 12.9. The first-order chi connectivity index (χ1) is 12.7. The summed E-state index contributed by atoms with van der Waals surface area (Å²) in [4.78, 5) is 21.3. The van der Waals surface area contributed by atoms with Crippen molar-refractivity contribution in [3.63, 3.8) is 0 Å². The predicted octanol–water partition coefficient (Wildman–Crippen LogP) is 3.75. The molecule has 2 N–H and O–H groups in total. The van der Waals surface area contributed by atoms with Crippen molar-refractivity contribution in [2.24, 2.45) is 11.3 Å². The van der Waals surface area contributed by atoms with Gasteiger partial charge in [-0.05, 0) is 42.4 Å². The number of nitrogen functional groups attached to an aromatic ring is 1. The molecule has 0 saturated carbocycles. The zero-order valence-corrected chi connectivity index (χ0v) is 16.3. The Morgan fingerprint density at radius 2 is 2.00 bits per heavy atom. The summed E-state index contributed by atoms with van der Waals surface area (Å²) in [6.45, 7) is 8.58. The predicted molar refractivity (Wildman–Crippen MR) is 106 cm³/mol. The van der Waals surface area contributed by atoms with Crippen LogP contribution in [0.25, 0.3) is 16.6 Å². The molecule has 0 amide bonds. The SMILES string of the molecule is CC(C)Cc1nn(-c2ccc3c(N)ncnc3c2)c2c1C(=O)CC(C)(C)C2. The third kappa shape index (κ3) is 3.09. The number of ketones is 1. The lowest BCUT2D eigenvalue weighted by atomic mass is 9.75. The fourth-order valence-corrected chi connectivity index (χ4v) is 3.97. The summed E-state index contributed by atoms with van der Waals surface area (Å²) in [6.07, 6.45) is 3.66. The lowest BCUT2D eigenvalue weighted by Crippen LogP contribution is -2.28. The van der Waals surface area contributed by atoms with E-state index >= 15 is 0 Å². The summed E-state index contributed by atoms with van der Waals surface area (Å²) >= 11 is 0. The van der Waals surface area contributed by atoms with Crippen LogP contribution in [0.5, 0.6) is 0 Å². The second kappa shape index (κ2) is 6.15. The second-order valence-electron chi connectivity index (χ2n) is 8.68. The van der Waals surface area contributed by atoms with Crippen molar-refractivity contribution >= 4 is 22.5 Å². The van der Waals surface area contributed by atoms with Gasteiger partial charge in [-0.25, -0.2) is 14.6 Å². The van der Waals surface area contributed by atoms with Crippen LogP contribution in [-0.4, -0.2) is 25.5 Å². The molecule has 1 aliphatic rings. The van der Waals surface area contributed by atoms with E-state index in [1.165, 1.54) is 6.33 Å². The fraction of sp³-hybridized carbons (Fsp3) is 0.429. The van der Waals surface area contributed by atoms with Crippen LogP contribution in [0.3, 0.4) is 0 Å². The Kier molecular flexibility index (Phi) is 4.02. The number of rotatable bonds is 3. The molecule has 2 heterocycles. The Hall–Kier alpha value is -2.76. The van der Waals surface area contributed by atoms with Crippen molar-refractivity contribution in [3.05, 3.63) is 41.5 Å². The topological polar surface area (TPSA) is 86.7 Å². The highest BCUT2D eigenvalue weighted by molar-refractivity contribution is 6.00. The van der Waals surface area contributed by atoms with Crippen molar-refractivity contribution in [1.82, 2.24) is 19.7 Å². The molecular formula is C21H25N5O. The molecule has 4 rings (SSSR count). The van der Waals surface area contributed by atoms with Crippen LogP contribution in [0.4, 0.5) is 5.82 Å². The van der Waals surface area contributed by atoms with Crippen molar-refractivity contribution in [1.29, 1.82) is 0 Å². The summed E-state index contributed by atoms with van der Waals surface area (Å²) < 4.78 is 1.93. The lowest BCUT2D eigenvalue weighted by Gasteiger charge is -2.29. The number of benzene rings is 1. The highest BCUT2D eigenvalue weighted by Gasteiger charge is 2.36. The van der Waals surface area contributed by atoms with E-state index in [1.807, 2.05) is 22.9 Å². The van der Waals surface area contributed by atoms with Crippen LogP contribution in [0.15, 0.2) is 24.5 Å². The molecule has 0 saturated heterocycles. The quantitative estimate of drug-likeness (QED) is 0.766. The standard InChI is InChI=1S/C21H25N5O/c1-12(2)7-16-19-17(9-21(3,4)10-18(19)27)26(25-16)13-5-6-14-15(8-13)23-11-24-20(14)22/h5-6,8,11-12H,7,9-10H2,1-4H3,(H2,22,23,24). The fourth-order valence-electron chi connectivity index (χ4n) is 3.97. The van der Waals surface area contributed by atoms with Gasteiger partial charge in [0.2, 0.25) is 0 Å². The monoisotopic (exact) mass is 363 g/mol. The number of carbonyl (C=O) groups is 1. The summed E-state index contributed by atoms with van der Waals surface area (Å²) in [7, 11) is 0. The molecule has 0 radical (unpaired) electrons. The van der Waals surface area contributed by atoms with Gasteiger partial charge < -0.3 is 5.73 Å². The molecule has 3 aromatic rings. The number of aromatic nitrogens is 4. The van der Waals surface area contributed by atoms with Crippen LogP contribution in [0, 0.1) is 11.3 Å². The van der Waals surface area contributed by atoms with Gasteiger partial charge in [-0.3, -0.25) is 4.79 Å². The first-order valence-corrected chi connectivity index (χ1v) is 9.40. The molecule has 0 aliphatic heterocycles. The number of carbonyl (C=O) groups excluding carboxylic acids is 1. The zero-order chi connectivity index (χ0) is 19.3. The molecular weight excluding hydrogens is 338 g/mol. The number of nitrogens with zero attached hydrogens (tertiary/aromatic N) is 4. The van der Waals surface area contributed by atoms with Crippen molar-refractivity contribution in [2.45, 2.75) is 47.0 Å². The van der Waals surface area contributed by atoms with Crippen molar-refractivity contribution in [3.8, 4) is 5.69 Å². The van der Waals surface area contributed by atoms with Crippen LogP contribution < -0.4 is 5.73 Å². The molecule has 0 fully saturated rings. The van der Waals surface area contributed by atoms with Crippen LogP contribution in [0.2, 0.25) is 0 Å². The van der Waals surface area contributed by atoms with E-state index in [0.29, 0.717) is 18.2 Å². The van der Waals surface area contributed by atoms with E-state index in [1.54, 1.807) is 0 Å². The van der Waals surface area contributed by atoms with E-state index in [0.717, 1.165) is 46.4 Å². The summed E-state index contributed by atoms with van der Waals surface area (Å²) in [5.74, 6) is 1.10. The molecule has 2 aromatic heterocycles. The van der Waals surface area contributed by atoms with Gasteiger partial charge in [0.15, 0.2) is 5.78 Å². The summed E-state index contributed by atoms with van der Waals surface area (Å²) in [5.41, 5.74) is 10.3. The largest absolute Gasteiger partial charge is 0.383 e. The normalized spacial score (nSPS) is 16.1. The van der Waals surface area contributed by atoms with Crippen molar-refractivity contribution < 1.29 is 4.79 Å². The third-order valence-electron chi connectivity index (χ3n) is 5.11. The van der Waals surface area contributed by atoms with Gasteiger partial charge in [-0.2, -0.15) is 5.10 Å². The maximum atomic E-state index is 12.9. The van der Waals surface area contributed by atoms with Crippen LogP contribution >= 0.6 is 0 Å². The van der Waals surface area contributed by atoms with Crippen molar-refractivity contribution in [2.75, 3.05) is 5.73 Å². The van der Waals surface area contributed by atoms with E-state index in [4.69, 9.17) is 10.8 Å². The number of hydrogen-bond acceptors (Lipinski definition) is 5. The molecule has 1 aliphatic carbocycles. The van der Waals surface area contributed by atoms with Gasteiger partial charge >= 0.3 is 0 Å². The minimum atomic E-state index is -0.0690. The number of anilines is 1. The molecule has 6 heteroatoms. The Morgan fingerprint density at radius 3 is 2.74 bits per heavy atom. The maximum Gasteiger partial charge on any atom is 0.167 e.